The molecule has 0 radical (unpaired) electrons. The van der Waals surface area contributed by atoms with Crippen molar-refractivity contribution in [3.8, 4) is 0 Å². The molecule has 0 aliphatic carbocycles. The van der Waals surface area contributed by atoms with E-state index in [4.69, 9.17) is 4.74 Å². The van der Waals surface area contributed by atoms with Crippen LogP contribution in [-0.4, -0.2) is 50.2 Å². The van der Waals surface area contributed by atoms with E-state index >= 15 is 0 Å². The summed E-state index contributed by atoms with van der Waals surface area (Å²) in [5.74, 6) is -1.76. The average molecular weight is 269 g/mol. The summed E-state index contributed by atoms with van der Waals surface area (Å²) in [6, 6.07) is 0. The van der Waals surface area contributed by atoms with Gasteiger partial charge in [-0.15, -0.1) is 0 Å². The fourth-order valence-corrected chi connectivity index (χ4v) is 1.49. The van der Waals surface area contributed by atoms with E-state index in [2.05, 4.69) is 0 Å². The quantitative estimate of drug-likeness (QED) is 0.274. The number of esters is 1. The molecule has 0 N–H and O–H groups in total. The first-order valence-corrected chi connectivity index (χ1v) is 6.28. The smallest absolute Gasteiger partial charge is 0.331 e. The molecule has 0 heterocycles. The molecule has 5 nitrogen and oxygen atoms in total. The molecule has 0 rings (SSSR count). The van der Waals surface area contributed by atoms with Gasteiger partial charge in [0.2, 0.25) is 0 Å². The zero-order valence-electron chi connectivity index (χ0n) is 12.1. The van der Waals surface area contributed by atoms with Gasteiger partial charge in [-0.2, -0.15) is 0 Å². The number of carboxylic acids is 1. The number of likely N-dealkylation sites (N-methyl/N-ethyl adjacent to an activating group) is 1. The van der Waals surface area contributed by atoms with Crippen LogP contribution >= 0.6 is 0 Å². The van der Waals surface area contributed by atoms with Crippen LogP contribution in [0.15, 0.2) is 24.3 Å². The number of rotatable bonds is 8. The van der Waals surface area contributed by atoms with Gasteiger partial charge in [-0.1, -0.05) is 25.2 Å². The number of allylic oxidation sites excluding steroid dienone is 3. The number of quaternary nitrogens is 1. The van der Waals surface area contributed by atoms with Crippen LogP contribution in [-0.2, 0) is 14.3 Å². The molecular formula is C14H23NO4. The van der Waals surface area contributed by atoms with Crippen molar-refractivity contribution in [1.29, 1.82) is 0 Å². The van der Waals surface area contributed by atoms with Gasteiger partial charge in [0.15, 0.2) is 6.10 Å². The van der Waals surface area contributed by atoms with Gasteiger partial charge >= 0.3 is 5.97 Å². The molecule has 5 heteroatoms. The Kier molecular flexibility index (Phi) is 7.75. The summed E-state index contributed by atoms with van der Waals surface area (Å²) in [6.45, 7) is 2.40. The Bertz CT molecular complexity index is 353. The number of hydrogen-bond donors (Lipinski definition) is 0. The molecule has 1 atom stereocenters. The molecular weight excluding hydrogens is 246 g/mol. The van der Waals surface area contributed by atoms with Crippen molar-refractivity contribution in [2.45, 2.75) is 25.9 Å². The van der Waals surface area contributed by atoms with E-state index in [0.717, 1.165) is 6.42 Å². The Balaban J connectivity index is 4.46. The predicted molar refractivity (Wildman–Crippen MR) is 71.0 cm³/mol. The molecule has 0 amide bonds. The maximum Gasteiger partial charge on any atom is 0.331 e. The molecule has 0 aromatic rings. The third-order valence-electron chi connectivity index (χ3n) is 2.14. The second-order valence-electron chi connectivity index (χ2n) is 5.30. The lowest BCUT2D eigenvalue weighted by molar-refractivity contribution is -0.873. The van der Waals surface area contributed by atoms with Crippen LogP contribution in [0.2, 0.25) is 0 Å². The highest BCUT2D eigenvalue weighted by Crippen LogP contribution is 2.05. The largest absolute Gasteiger partial charge is 0.550 e. The number of hydrogen-bond acceptors (Lipinski definition) is 4. The van der Waals surface area contributed by atoms with Crippen molar-refractivity contribution >= 4 is 11.9 Å². The predicted octanol–water partition coefficient (Wildman–Crippen LogP) is 0.267. The minimum atomic E-state index is -1.22. The second kappa shape index (κ2) is 8.48. The van der Waals surface area contributed by atoms with Crippen molar-refractivity contribution in [2.75, 3.05) is 27.7 Å². The maximum atomic E-state index is 11.5. The number of carbonyl (C=O) groups is 2. The van der Waals surface area contributed by atoms with Crippen LogP contribution in [0.4, 0.5) is 0 Å². The van der Waals surface area contributed by atoms with Crippen LogP contribution in [0.3, 0.4) is 0 Å². The Morgan fingerprint density at radius 2 is 1.89 bits per heavy atom. The Hall–Kier alpha value is -1.62. The lowest BCUT2D eigenvalue weighted by Crippen LogP contribution is -2.45. The third kappa shape index (κ3) is 11.2. The van der Waals surface area contributed by atoms with Crippen molar-refractivity contribution < 1.29 is 23.9 Å². The van der Waals surface area contributed by atoms with Crippen LogP contribution in [0.5, 0.6) is 0 Å². The molecule has 108 valence electrons. The summed E-state index contributed by atoms with van der Waals surface area (Å²) in [7, 11) is 5.70. The van der Waals surface area contributed by atoms with E-state index in [1.165, 1.54) is 6.08 Å². The van der Waals surface area contributed by atoms with E-state index < -0.39 is 18.0 Å². The maximum absolute atomic E-state index is 11.5. The molecule has 0 saturated carbocycles. The topological polar surface area (TPSA) is 66.4 Å². The van der Waals surface area contributed by atoms with Gasteiger partial charge in [0.1, 0.15) is 6.54 Å². The van der Waals surface area contributed by atoms with Gasteiger partial charge in [-0.05, 0) is 6.42 Å². The number of carbonyl (C=O) groups excluding carboxylic acids is 2. The first-order chi connectivity index (χ1) is 8.74. The summed E-state index contributed by atoms with van der Waals surface area (Å²) >= 11 is 0. The van der Waals surface area contributed by atoms with E-state index in [1.807, 2.05) is 34.1 Å². The lowest BCUT2D eigenvalue weighted by Gasteiger charge is -2.28. The molecule has 0 aliphatic heterocycles. The fraction of sp³-hybridized carbons (Fsp3) is 0.571. The Morgan fingerprint density at radius 1 is 1.26 bits per heavy atom. The average Bonchev–Trinajstić information content (AvgIpc) is 2.20. The SMILES string of the molecule is CC/C=C/C=C/C(=O)OC(CC(=O)[O-])C[N+](C)(C)C. The molecule has 0 saturated heterocycles. The summed E-state index contributed by atoms with van der Waals surface area (Å²) in [5, 5.41) is 10.6. The summed E-state index contributed by atoms with van der Waals surface area (Å²) in [4.78, 5) is 22.2. The zero-order chi connectivity index (χ0) is 14.9. The summed E-state index contributed by atoms with van der Waals surface area (Å²) < 4.78 is 5.63. The van der Waals surface area contributed by atoms with Crippen molar-refractivity contribution in [2.24, 2.45) is 0 Å². The van der Waals surface area contributed by atoms with Gasteiger partial charge in [0.05, 0.1) is 21.1 Å². The van der Waals surface area contributed by atoms with Crippen LogP contribution in [0.1, 0.15) is 19.8 Å². The fourth-order valence-electron chi connectivity index (χ4n) is 1.49. The van der Waals surface area contributed by atoms with Gasteiger partial charge in [-0.25, -0.2) is 4.79 Å². The normalized spacial score (nSPS) is 13.9. The molecule has 0 aliphatic rings. The molecule has 0 bridgehead atoms. The summed E-state index contributed by atoms with van der Waals surface area (Å²) in [6.07, 6.45) is 6.41. The minimum absolute atomic E-state index is 0.292. The standard InChI is InChI=1S/C14H23NO4/c1-5-6-7-8-9-14(18)19-12(10-13(16)17)11-15(2,3)4/h6-9,12H,5,10-11H2,1-4H3/b7-6+,9-8+. The first-order valence-electron chi connectivity index (χ1n) is 6.28. The van der Waals surface area contributed by atoms with Crippen LogP contribution in [0, 0.1) is 0 Å². The van der Waals surface area contributed by atoms with Gasteiger partial charge in [0.25, 0.3) is 0 Å². The number of carboxylic acid groups (broad SMARTS) is 1. The van der Waals surface area contributed by atoms with Crippen molar-refractivity contribution in [3.63, 3.8) is 0 Å². The number of ether oxygens (including phenoxy) is 1. The highest BCUT2D eigenvalue weighted by Gasteiger charge is 2.21. The van der Waals surface area contributed by atoms with E-state index in [0.29, 0.717) is 11.0 Å². The highest BCUT2D eigenvalue weighted by molar-refractivity contribution is 5.82. The first kappa shape index (κ1) is 17.4. The van der Waals surface area contributed by atoms with E-state index in [-0.39, 0.29) is 6.42 Å². The minimum Gasteiger partial charge on any atom is -0.550 e. The molecule has 0 aromatic carbocycles. The van der Waals surface area contributed by atoms with E-state index in [9.17, 15) is 14.7 Å². The van der Waals surface area contributed by atoms with Gasteiger partial charge < -0.3 is 19.1 Å². The molecule has 19 heavy (non-hydrogen) atoms. The van der Waals surface area contributed by atoms with Crippen molar-refractivity contribution in [1.82, 2.24) is 0 Å². The second-order valence-corrected chi connectivity index (χ2v) is 5.30. The van der Waals surface area contributed by atoms with Crippen LogP contribution in [0.25, 0.3) is 0 Å². The van der Waals surface area contributed by atoms with E-state index in [1.54, 1.807) is 12.2 Å². The highest BCUT2D eigenvalue weighted by atomic mass is 16.5. The monoisotopic (exact) mass is 269 g/mol. The lowest BCUT2D eigenvalue weighted by atomic mass is 10.2. The van der Waals surface area contributed by atoms with Gasteiger partial charge in [-0.3, -0.25) is 0 Å². The molecule has 0 aromatic heterocycles. The summed E-state index contributed by atoms with van der Waals surface area (Å²) in [5.41, 5.74) is 0. The Morgan fingerprint density at radius 3 is 2.37 bits per heavy atom. The third-order valence-corrected chi connectivity index (χ3v) is 2.14. The number of nitrogens with zero attached hydrogens (tertiary/aromatic N) is 1. The van der Waals surface area contributed by atoms with Crippen molar-refractivity contribution in [3.05, 3.63) is 24.3 Å². The number of aliphatic carboxylic acids is 1. The molecule has 0 fully saturated rings. The Labute approximate surface area is 114 Å². The van der Waals surface area contributed by atoms with Gasteiger partial charge in [0, 0.05) is 18.5 Å². The molecule has 1 unspecified atom stereocenters. The van der Waals surface area contributed by atoms with Crippen LogP contribution < -0.4 is 5.11 Å². The zero-order valence-corrected chi connectivity index (χ0v) is 12.1. The molecule has 0 spiro atoms.